The summed E-state index contributed by atoms with van der Waals surface area (Å²) in [6, 6.07) is 5.99. The molecule has 1 heterocycles. The summed E-state index contributed by atoms with van der Waals surface area (Å²) < 4.78 is 24.9. The van der Waals surface area contributed by atoms with Crippen LogP contribution in [0.25, 0.3) is 0 Å². The molecule has 3 nitrogen and oxygen atoms in total. The lowest BCUT2D eigenvalue weighted by Crippen LogP contribution is -2.37. The summed E-state index contributed by atoms with van der Waals surface area (Å²) in [5.41, 5.74) is 2.16. The second-order valence-electron chi connectivity index (χ2n) is 7.19. The van der Waals surface area contributed by atoms with Crippen molar-refractivity contribution in [2.45, 2.75) is 57.4 Å². The van der Waals surface area contributed by atoms with Crippen LogP contribution >= 0.6 is 0 Å². The molecule has 0 aromatic heterocycles. The number of benzene rings is 1. The number of hydrogen-bond donors (Lipinski definition) is 1. The molecule has 2 rings (SSSR count). The van der Waals surface area contributed by atoms with Crippen LogP contribution in [0.15, 0.2) is 23.1 Å². The number of rotatable bonds is 3. The van der Waals surface area contributed by atoms with Crippen molar-refractivity contribution in [2.24, 2.45) is 5.92 Å². The summed E-state index contributed by atoms with van der Waals surface area (Å²) in [6.07, 6.45) is 1.05. The van der Waals surface area contributed by atoms with Crippen LogP contribution in [0.4, 0.5) is 0 Å². The Morgan fingerprint density at radius 3 is 2.52 bits per heavy atom. The second kappa shape index (κ2) is 5.73. The van der Waals surface area contributed by atoms with Gasteiger partial charge in [-0.2, -0.15) is 0 Å². The monoisotopic (exact) mass is 309 g/mol. The zero-order valence-electron chi connectivity index (χ0n) is 13.7. The molecule has 0 bridgehead atoms. The van der Waals surface area contributed by atoms with Gasteiger partial charge < -0.3 is 5.32 Å². The molecule has 1 N–H and O–H groups in total. The molecular formula is C17H27NO2S. The molecule has 0 radical (unpaired) electrons. The highest BCUT2D eigenvalue weighted by Gasteiger charge is 2.35. The quantitative estimate of drug-likeness (QED) is 0.930. The second-order valence-corrected chi connectivity index (χ2v) is 9.20. The lowest BCUT2D eigenvalue weighted by molar-refractivity contribution is 0.394. The number of nitrogens with one attached hydrogen (secondary N) is 1. The van der Waals surface area contributed by atoms with E-state index in [1.165, 1.54) is 5.56 Å². The van der Waals surface area contributed by atoms with E-state index in [1.807, 2.05) is 13.0 Å². The maximum atomic E-state index is 12.4. The molecule has 1 aromatic rings. The molecule has 0 saturated heterocycles. The van der Waals surface area contributed by atoms with Crippen molar-refractivity contribution in [3.63, 3.8) is 0 Å². The van der Waals surface area contributed by atoms with Crippen molar-refractivity contribution in [3.05, 3.63) is 29.3 Å². The molecule has 1 aliphatic rings. The van der Waals surface area contributed by atoms with Crippen molar-refractivity contribution >= 4 is 9.84 Å². The maximum absolute atomic E-state index is 12.4. The summed E-state index contributed by atoms with van der Waals surface area (Å²) in [4.78, 5) is 0.516. The average Bonchev–Trinajstić information content (AvgIpc) is 2.36. The third-order valence-electron chi connectivity index (χ3n) is 4.21. The Balaban J connectivity index is 2.55. The van der Waals surface area contributed by atoms with Crippen molar-refractivity contribution in [2.75, 3.05) is 12.3 Å². The Bertz CT molecular complexity index is 614. The van der Waals surface area contributed by atoms with Crippen molar-refractivity contribution in [3.8, 4) is 0 Å². The van der Waals surface area contributed by atoms with Gasteiger partial charge in [0.25, 0.3) is 0 Å². The average molecular weight is 309 g/mol. The Labute approximate surface area is 129 Å². The Morgan fingerprint density at radius 2 is 1.95 bits per heavy atom. The summed E-state index contributed by atoms with van der Waals surface area (Å²) in [6.45, 7) is 11.5. The van der Waals surface area contributed by atoms with Gasteiger partial charge in [0, 0.05) is 6.04 Å². The molecule has 1 aliphatic heterocycles. The van der Waals surface area contributed by atoms with Gasteiger partial charge in [-0.25, -0.2) is 8.42 Å². The molecule has 21 heavy (non-hydrogen) atoms. The van der Waals surface area contributed by atoms with E-state index in [0.717, 1.165) is 18.5 Å². The SMILES string of the molecule is CCCNC1c2cc(C(C)(C)C)ccc2S(=O)(=O)CC1C. The molecule has 2 atom stereocenters. The fraction of sp³-hybridized carbons (Fsp3) is 0.647. The number of fused-ring (bicyclic) bond motifs is 1. The van der Waals surface area contributed by atoms with E-state index < -0.39 is 9.84 Å². The van der Waals surface area contributed by atoms with Crippen molar-refractivity contribution in [1.82, 2.24) is 5.32 Å². The first-order valence-corrected chi connectivity index (χ1v) is 9.42. The highest BCUT2D eigenvalue weighted by Crippen LogP contribution is 2.38. The minimum Gasteiger partial charge on any atom is -0.310 e. The van der Waals surface area contributed by atoms with Gasteiger partial charge in [0.05, 0.1) is 10.6 Å². The molecule has 0 saturated carbocycles. The minimum atomic E-state index is -3.15. The van der Waals surface area contributed by atoms with E-state index in [2.05, 4.69) is 39.1 Å². The summed E-state index contributed by atoms with van der Waals surface area (Å²) in [5, 5.41) is 3.53. The maximum Gasteiger partial charge on any atom is 0.179 e. The molecule has 0 amide bonds. The van der Waals surface area contributed by atoms with E-state index in [-0.39, 0.29) is 23.1 Å². The predicted octanol–water partition coefficient (Wildman–Crippen LogP) is 3.45. The van der Waals surface area contributed by atoms with E-state index in [9.17, 15) is 8.42 Å². The van der Waals surface area contributed by atoms with Gasteiger partial charge >= 0.3 is 0 Å². The van der Waals surface area contributed by atoms with E-state index in [4.69, 9.17) is 0 Å². The van der Waals surface area contributed by atoms with Crippen LogP contribution in [-0.4, -0.2) is 20.7 Å². The molecule has 1 aromatic carbocycles. The molecule has 2 unspecified atom stereocenters. The molecular weight excluding hydrogens is 282 g/mol. The van der Waals surface area contributed by atoms with E-state index in [0.29, 0.717) is 4.90 Å². The van der Waals surface area contributed by atoms with Gasteiger partial charge in [-0.15, -0.1) is 0 Å². The smallest absolute Gasteiger partial charge is 0.179 e. The molecule has 0 aliphatic carbocycles. The fourth-order valence-electron chi connectivity index (χ4n) is 2.99. The molecule has 0 spiro atoms. The Hall–Kier alpha value is -0.870. The highest BCUT2D eigenvalue weighted by atomic mass is 32.2. The minimum absolute atomic E-state index is 0.0226. The normalized spacial score (nSPS) is 24.6. The summed E-state index contributed by atoms with van der Waals surface area (Å²) in [5.74, 6) is 0.334. The first-order chi connectivity index (χ1) is 9.66. The lowest BCUT2D eigenvalue weighted by atomic mass is 9.84. The standard InChI is InChI=1S/C17H27NO2S/c1-6-9-18-16-12(2)11-21(19,20)15-8-7-13(10-14(15)16)17(3,4)5/h7-8,10,12,16,18H,6,9,11H2,1-5H3. The largest absolute Gasteiger partial charge is 0.310 e. The van der Waals surface area contributed by atoms with E-state index in [1.54, 1.807) is 6.07 Å². The summed E-state index contributed by atoms with van der Waals surface area (Å²) >= 11 is 0. The molecule has 118 valence electrons. The van der Waals surface area contributed by atoms with Crippen molar-refractivity contribution < 1.29 is 8.42 Å². The zero-order valence-corrected chi connectivity index (χ0v) is 14.5. The first-order valence-electron chi connectivity index (χ1n) is 7.77. The topological polar surface area (TPSA) is 46.2 Å². The number of hydrogen-bond acceptors (Lipinski definition) is 3. The zero-order chi connectivity index (χ0) is 15.8. The van der Waals surface area contributed by atoms with Gasteiger partial charge in [0.2, 0.25) is 0 Å². The third-order valence-corrected chi connectivity index (χ3v) is 6.22. The van der Waals surface area contributed by atoms with Gasteiger partial charge in [0.15, 0.2) is 9.84 Å². The Morgan fingerprint density at radius 1 is 1.29 bits per heavy atom. The Kier molecular flexibility index (Phi) is 4.50. The number of sulfone groups is 1. The third kappa shape index (κ3) is 3.32. The molecule has 4 heteroatoms. The van der Waals surface area contributed by atoms with Crippen LogP contribution in [-0.2, 0) is 15.3 Å². The van der Waals surface area contributed by atoms with Crippen molar-refractivity contribution in [1.29, 1.82) is 0 Å². The van der Waals surface area contributed by atoms with E-state index >= 15 is 0 Å². The van der Waals surface area contributed by atoms with Crippen LogP contribution in [0.2, 0.25) is 0 Å². The van der Waals surface area contributed by atoms with Gasteiger partial charge in [-0.3, -0.25) is 0 Å². The summed E-state index contributed by atoms with van der Waals surface area (Å²) in [7, 11) is -3.15. The van der Waals surface area contributed by atoms with Crippen LogP contribution in [0, 0.1) is 5.92 Å². The van der Waals surface area contributed by atoms with Crippen LogP contribution in [0.3, 0.4) is 0 Å². The van der Waals surface area contributed by atoms with Crippen LogP contribution in [0.5, 0.6) is 0 Å². The van der Waals surface area contributed by atoms with Gasteiger partial charge in [0.1, 0.15) is 0 Å². The highest BCUT2D eigenvalue weighted by molar-refractivity contribution is 7.91. The van der Waals surface area contributed by atoms with Gasteiger partial charge in [-0.05, 0) is 41.5 Å². The lowest BCUT2D eigenvalue weighted by Gasteiger charge is -2.33. The van der Waals surface area contributed by atoms with Gasteiger partial charge in [-0.1, -0.05) is 46.8 Å². The first kappa shape index (κ1) is 16.5. The fourth-order valence-corrected chi connectivity index (χ4v) is 4.88. The van der Waals surface area contributed by atoms with Crippen LogP contribution in [0.1, 0.15) is 58.2 Å². The van der Waals surface area contributed by atoms with Crippen LogP contribution < -0.4 is 5.32 Å². The predicted molar refractivity (Wildman–Crippen MR) is 87.4 cm³/mol. The molecule has 0 fully saturated rings.